The Morgan fingerprint density at radius 3 is 0.978 bits per heavy atom. The Morgan fingerprint density at radius 2 is 0.522 bits per heavy atom. The fourth-order valence-corrected chi connectivity index (χ4v) is 7.36. The number of rotatable bonds is 4. The molecule has 0 radical (unpaired) electrons. The van der Waals surface area contributed by atoms with Crippen LogP contribution in [0.5, 0.6) is 0 Å². The van der Waals surface area contributed by atoms with Crippen molar-refractivity contribution in [3.63, 3.8) is 0 Å². The molecule has 0 heteroatoms. The zero-order chi connectivity index (χ0) is 30.5. The van der Waals surface area contributed by atoms with Crippen molar-refractivity contribution in [1.82, 2.24) is 0 Å². The molecule has 0 aliphatic heterocycles. The Balaban J connectivity index is 1.43. The number of hydrogen-bond acceptors (Lipinski definition) is 0. The minimum atomic E-state index is 1.22. The van der Waals surface area contributed by atoms with Crippen LogP contribution in [0.15, 0.2) is 182 Å². The van der Waals surface area contributed by atoms with E-state index in [4.69, 9.17) is 0 Å². The summed E-state index contributed by atoms with van der Waals surface area (Å²) in [5, 5.41) is 10.1. The van der Waals surface area contributed by atoms with Gasteiger partial charge < -0.3 is 0 Å². The summed E-state index contributed by atoms with van der Waals surface area (Å²) < 4.78 is 0. The standard InChI is InChI=1S/C46H30/c1-3-15-31(16-4-1)35-28-36(32-17-5-2-6-18-32)30-37(29-35)44-40-23-11-13-25-42(40)46(43-26-14-12-24-41(43)44)45-38-21-9-7-19-33(38)27-34-20-8-10-22-39(34)45/h1-30H. The lowest BCUT2D eigenvalue weighted by atomic mass is 9.82. The van der Waals surface area contributed by atoms with Crippen molar-refractivity contribution >= 4 is 43.1 Å². The van der Waals surface area contributed by atoms with Gasteiger partial charge in [0.25, 0.3) is 0 Å². The summed E-state index contributed by atoms with van der Waals surface area (Å²) in [5.74, 6) is 0. The van der Waals surface area contributed by atoms with E-state index in [0.717, 1.165) is 0 Å². The first-order chi connectivity index (χ1) is 22.8. The van der Waals surface area contributed by atoms with Crippen molar-refractivity contribution < 1.29 is 0 Å². The SMILES string of the molecule is c1ccc(-c2cc(-c3ccccc3)cc(-c3c4ccccc4c(-c4c5ccccc5cc5ccccc45)c4ccccc34)c2)cc1. The van der Waals surface area contributed by atoms with Gasteiger partial charge in [0.1, 0.15) is 0 Å². The summed E-state index contributed by atoms with van der Waals surface area (Å²) in [6, 6.07) is 66.6. The molecule has 0 fully saturated rings. The topological polar surface area (TPSA) is 0 Å². The molecule has 0 bridgehead atoms. The molecule has 0 atom stereocenters. The maximum Gasteiger partial charge on any atom is -0.00139 e. The molecule has 0 spiro atoms. The summed E-state index contributed by atoms with van der Waals surface area (Å²) in [6.07, 6.45) is 0. The second kappa shape index (κ2) is 10.9. The molecule has 0 aromatic heterocycles. The van der Waals surface area contributed by atoms with E-state index in [0.29, 0.717) is 0 Å². The van der Waals surface area contributed by atoms with Crippen LogP contribution in [0.1, 0.15) is 0 Å². The first-order valence-corrected chi connectivity index (χ1v) is 15.9. The Hall–Kier alpha value is -5.98. The summed E-state index contributed by atoms with van der Waals surface area (Å²) in [5.41, 5.74) is 9.96. The molecule has 0 amide bonds. The van der Waals surface area contributed by atoms with E-state index in [-0.39, 0.29) is 0 Å². The maximum atomic E-state index is 2.38. The molecule has 214 valence electrons. The molecule has 9 rings (SSSR count). The van der Waals surface area contributed by atoms with Crippen molar-refractivity contribution in [2.45, 2.75) is 0 Å². The molecule has 0 N–H and O–H groups in total. The number of benzene rings is 9. The van der Waals surface area contributed by atoms with Gasteiger partial charge in [-0.05, 0) is 112 Å². The molecule has 9 aromatic carbocycles. The first kappa shape index (κ1) is 26.4. The van der Waals surface area contributed by atoms with Gasteiger partial charge in [-0.25, -0.2) is 0 Å². The van der Waals surface area contributed by atoms with Crippen molar-refractivity contribution in [2.75, 3.05) is 0 Å². The highest BCUT2D eigenvalue weighted by Crippen LogP contribution is 2.48. The fourth-order valence-electron chi connectivity index (χ4n) is 7.36. The quantitative estimate of drug-likeness (QED) is 0.181. The van der Waals surface area contributed by atoms with Crippen molar-refractivity contribution in [3.05, 3.63) is 182 Å². The van der Waals surface area contributed by atoms with Crippen molar-refractivity contribution in [3.8, 4) is 44.5 Å². The molecular weight excluding hydrogens is 553 g/mol. The maximum absolute atomic E-state index is 2.38. The first-order valence-electron chi connectivity index (χ1n) is 15.9. The molecule has 0 saturated heterocycles. The zero-order valence-electron chi connectivity index (χ0n) is 25.3. The van der Waals surface area contributed by atoms with Crippen molar-refractivity contribution in [1.29, 1.82) is 0 Å². The van der Waals surface area contributed by atoms with E-state index >= 15 is 0 Å². The Labute approximate surface area is 268 Å². The monoisotopic (exact) mass is 582 g/mol. The summed E-state index contributed by atoms with van der Waals surface area (Å²) in [6.45, 7) is 0. The highest BCUT2D eigenvalue weighted by Gasteiger charge is 2.20. The van der Waals surface area contributed by atoms with Crippen LogP contribution in [-0.2, 0) is 0 Å². The van der Waals surface area contributed by atoms with Gasteiger partial charge in [-0.3, -0.25) is 0 Å². The van der Waals surface area contributed by atoms with Crippen LogP contribution in [0.2, 0.25) is 0 Å². The lowest BCUT2D eigenvalue weighted by Crippen LogP contribution is -1.93. The van der Waals surface area contributed by atoms with Crippen LogP contribution < -0.4 is 0 Å². The Morgan fingerprint density at radius 1 is 0.196 bits per heavy atom. The van der Waals surface area contributed by atoms with Crippen molar-refractivity contribution in [2.24, 2.45) is 0 Å². The highest BCUT2D eigenvalue weighted by molar-refractivity contribution is 6.27. The molecule has 0 heterocycles. The molecule has 0 nitrogen and oxygen atoms in total. The largest absolute Gasteiger partial charge is 0.0622 e. The highest BCUT2D eigenvalue weighted by atomic mass is 14.2. The zero-order valence-corrected chi connectivity index (χ0v) is 25.3. The van der Waals surface area contributed by atoms with Gasteiger partial charge in [0.2, 0.25) is 0 Å². The van der Waals surface area contributed by atoms with E-state index in [1.807, 2.05) is 0 Å². The van der Waals surface area contributed by atoms with Crippen LogP contribution in [0, 0.1) is 0 Å². The van der Waals surface area contributed by atoms with Gasteiger partial charge in [-0.2, -0.15) is 0 Å². The minimum Gasteiger partial charge on any atom is -0.0622 e. The van der Waals surface area contributed by atoms with Gasteiger partial charge in [0.15, 0.2) is 0 Å². The summed E-state index contributed by atoms with van der Waals surface area (Å²) in [4.78, 5) is 0. The number of hydrogen-bond donors (Lipinski definition) is 0. The molecular formula is C46H30. The third kappa shape index (κ3) is 4.30. The average molecular weight is 583 g/mol. The second-order valence-electron chi connectivity index (χ2n) is 12.1. The van der Waals surface area contributed by atoms with E-state index in [9.17, 15) is 0 Å². The smallest absolute Gasteiger partial charge is 0.00139 e. The van der Waals surface area contributed by atoms with Crippen LogP contribution in [0.25, 0.3) is 87.6 Å². The molecule has 0 unspecified atom stereocenters. The third-order valence-electron chi connectivity index (χ3n) is 9.39. The van der Waals surface area contributed by atoms with E-state index < -0.39 is 0 Å². The van der Waals surface area contributed by atoms with Crippen LogP contribution in [0.3, 0.4) is 0 Å². The minimum absolute atomic E-state index is 1.22. The lowest BCUT2D eigenvalue weighted by Gasteiger charge is -2.21. The van der Waals surface area contributed by atoms with E-state index in [1.165, 1.54) is 87.6 Å². The van der Waals surface area contributed by atoms with Crippen LogP contribution in [-0.4, -0.2) is 0 Å². The van der Waals surface area contributed by atoms with Gasteiger partial charge in [0, 0.05) is 0 Å². The van der Waals surface area contributed by atoms with Gasteiger partial charge in [-0.1, -0.05) is 158 Å². The summed E-state index contributed by atoms with van der Waals surface area (Å²) >= 11 is 0. The van der Waals surface area contributed by atoms with Gasteiger partial charge >= 0.3 is 0 Å². The van der Waals surface area contributed by atoms with Gasteiger partial charge in [0.05, 0.1) is 0 Å². The molecule has 9 aromatic rings. The molecule has 46 heavy (non-hydrogen) atoms. The van der Waals surface area contributed by atoms with E-state index in [2.05, 4.69) is 182 Å². The normalized spacial score (nSPS) is 11.5. The Bertz CT molecular complexity index is 2390. The fraction of sp³-hybridized carbons (Fsp3) is 0. The average Bonchev–Trinajstić information content (AvgIpc) is 3.13. The van der Waals surface area contributed by atoms with Gasteiger partial charge in [-0.15, -0.1) is 0 Å². The Kier molecular flexibility index (Phi) is 6.25. The summed E-state index contributed by atoms with van der Waals surface area (Å²) in [7, 11) is 0. The molecule has 0 aliphatic rings. The second-order valence-corrected chi connectivity index (χ2v) is 12.1. The van der Waals surface area contributed by atoms with Crippen LogP contribution >= 0.6 is 0 Å². The van der Waals surface area contributed by atoms with Crippen LogP contribution in [0.4, 0.5) is 0 Å². The van der Waals surface area contributed by atoms with E-state index in [1.54, 1.807) is 0 Å². The third-order valence-corrected chi connectivity index (χ3v) is 9.39. The molecule has 0 aliphatic carbocycles. The lowest BCUT2D eigenvalue weighted by molar-refractivity contribution is 1.58. The predicted octanol–water partition coefficient (Wildman–Crippen LogP) is 13.0. The number of fused-ring (bicyclic) bond motifs is 4. The predicted molar refractivity (Wildman–Crippen MR) is 198 cm³/mol. The molecule has 0 saturated carbocycles.